The van der Waals surface area contributed by atoms with Crippen LogP contribution in [-0.2, 0) is 17.5 Å². The number of anilines is 3. The van der Waals surface area contributed by atoms with Crippen molar-refractivity contribution in [2.24, 2.45) is 11.8 Å². The molecule has 1 atom stereocenters. The van der Waals surface area contributed by atoms with Crippen molar-refractivity contribution in [2.45, 2.75) is 58.4 Å². The lowest BCUT2D eigenvalue weighted by Gasteiger charge is -2.39. The molecule has 0 aromatic carbocycles. The molecule has 7 nitrogen and oxygen atoms in total. The van der Waals surface area contributed by atoms with Crippen LogP contribution in [0.15, 0.2) is 18.6 Å². The molecule has 2 aromatic rings. The Balaban J connectivity index is 1.39. The topological polar surface area (TPSA) is 75.1 Å². The number of likely N-dealkylation sites (N-methyl/N-ethyl adjacent to an activating group) is 1. The van der Waals surface area contributed by atoms with Gasteiger partial charge in [0.2, 0.25) is 5.91 Å². The molecular formula is C21H27F3N6O. The number of nitrogens with one attached hydrogen (secondary N) is 2. The summed E-state index contributed by atoms with van der Waals surface area (Å²) in [5.74, 6) is 1.17. The predicted molar refractivity (Wildman–Crippen MR) is 112 cm³/mol. The highest BCUT2D eigenvalue weighted by Gasteiger charge is 2.36. The Hall–Kier alpha value is -2.78. The fourth-order valence-corrected chi connectivity index (χ4v) is 4.55. The molecule has 0 spiro atoms. The van der Waals surface area contributed by atoms with E-state index in [-0.39, 0.29) is 23.9 Å². The lowest BCUT2D eigenvalue weighted by atomic mass is 9.80. The average molecular weight is 436 g/mol. The quantitative estimate of drug-likeness (QED) is 0.744. The van der Waals surface area contributed by atoms with Crippen LogP contribution < -0.4 is 15.5 Å². The number of halogens is 3. The molecule has 0 radical (unpaired) electrons. The number of fused-ring (bicyclic) bond motifs is 1. The Morgan fingerprint density at radius 3 is 2.65 bits per heavy atom. The van der Waals surface area contributed by atoms with E-state index in [9.17, 15) is 18.0 Å². The SMILES string of the molecule is Cc1nc(N[C@H]2C[C@@H](Cn3cnc(C(F)(F)F)c3)C2)cc2c1NC(=O)C(C(C)C)N2C. The van der Waals surface area contributed by atoms with Gasteiger partial charge in [0.15, 0.2) is 5.69 Å². The Morgan fingerprint density at radius 1 is 1.32 bits per heavy atom. The van der Waals surface area contributed by atoms with Gasteiger partial charge in [-0.1, -0.05) is 13.8 Å². The van der Waals surface area contributed by atoms with Crippen molar-refractivity contribution < 1.29 is 18.0 Å². The summed E-state index contributed by atoms with van der Waals surface area (Å²) in [6, 6.07) is 1.92. The zero-order valence-electron chi connectivity index (χ0n) is 18.0. The van der Waals surface area contributed by atoms with Crippen LogP contribution in [0.1, 0.15) is 38.1 Å². The Kier molecular flexibility index (Phi) is 5.35. The molecule has 31 heavy (non-hydrogen) atoms. The van der Waals surface area contributed by atoms with E-state index >= 15 is 0 Å². The zero-order chi connectivity index (χ0) is 22.5. The van der Waals surface area contributed by atoms with Gasteiger partial charge in [0.05, 0.1) is 23.4 Å². The van der Waals surface area contributed by atoms with Gasteiger partial charge in [0.1, 0.15) is 11.9 Å². The minimum Gasteiger partial charge on any atom is -0.367 e. The van der Waals surface area contributed by atoms with E-state index in [1.807, 2.05) is 38.8 Å². The van der Waals surface area contributed by atoms with Crippen molar-refractivity contribution in [3.05, 3.63) is 30.0 Å². The van der Waals surface area contributed by atoms with Crippen LogP contribution in [0.2, 0.25) is 0 Å². The highest BCUT2D eigenvalue weighted by Crippen LogP contribution is 2.38. The number of carbonyl (C=O) groups excluding carboxylic acids is 1. The van der Waals surface area contributed by atoms with E-state index in [1.165, 1.54) is 10.9 Å². The van der Waals surface area contributed by atoms with Crippen molar-refractivity contribution in [1.82, 2.24) is 14.5 Å². The molecule has 1 saturated carbocycles. The Bertz CT molecular complexity index is 980. The first kappa shape index (κ1) is 21.5. The van der Waals surface area contributed by atoms with Crippen LogP contribution in [-0.4, -0.2) is 39.6 Å². The summed E-state index contributed by atoms with van der Waals surface area (Å²) in [6.07, 6.45) is -0.416. The first-order valence-electron chi connectivity index (χ1n) is 10.4. The van der Waals surface area contributed by atoms with Crippen LogP contribution >= 0.6 is 0 Å². The van der Waals surface area contributed by atoms with E-state index in [1.54, 1.807) is 0 Å². The van der Waals surface area contributed by atoms with E-state index < -0.39 is 11.9 Å². The smallest absolute Gasteiger partial charge is 0.367 e. The summed E-state index contributed by atoms with van der Waals surface area (Å²) >= 11 is 0. The lowest BCUT2D eigenvalue weighted by Crippen LogP contribution is -2.49. The molecular weight excluding hydrogens is 409 g/mol. The summed E-state index contributed by atoms with van der Waals surface area (Å²) in [6.45, 7) is 6.42. The van der Waals surface area contributed by atoms with Crippen LogP contribution in [0.4, 0.5) is 30.4 Å². The maximum atomic E-state index is 12.7. The van der Waals surface area contributed by atoms with Crippen LogP contribution in [0.25, 0.3) is 0 Å². The van der Waals surface area contributed by atoms with Gasteiger partial charge in [-0.25, -0.2) is 9.97 Å². The van der Waals surface area contributed by atoms with Crippen molar-refractivity contribution >= 4 is 23.1 Å². The number of imidazole rings is 1. The van der Waals surface area contributed by atoms with Crippen molar-refractivity contribution in [2.75, 3.05) is 22.6 Å². The number of amides is 1. The normalized spacial score (nSPS) is 23.4. The third-order valence-corrected chi connectivity index (χ3v) is 6.11. The molecule has 1 unspecified atom stereocenters. The molecule has 10 heteroatoms. The summed E-state index contributed by atoms with van der Waals surface area (Å²) in [5.41, 5.74) is 1.56. The second-order valence-electron chi connectivity index (χ2n) is 8.91. The van der Waals surface area contributed by atoms with Crippen molar-refractivity contribution in [3.8, 4) is 0 Å². The molecule has 1 aliphatic carbocycles. The molecule has 3 heterocycles. The Labute approximate surface area is 179 Å². The molecule has 0 saturated heterocycles. The van der Waals surface area contributed by atoms with Gasteiger partial charge in [-0.15, -0.1) is 0 Å². The van der Waals surface area contributed by atoms with Gasteiger partial charge in [-0.3, -0.25) is 4.79 Å². The fraction of sp³-hybridized carbons (Fsp3) is 0.571. The minimum atomic E-state index is -4.41. The van der Waals surface area contributed by atoms with Crippen molar-refractivity contribution in [3.63, 3.8) is 0 Å². The molecule has 4 rings (SSSR count). The van der Waals surface area contributed by atoms with Crippen LogP contribution in [0.5, 0.6) is 0 Å². The van der Waals surface area contributed by atoms with Crippen LogP contribution in [0.3, 0.4) is 0 Å². The van der Waals surface area contributed by atoms with Crippen LogP contribution in [0, 0.1) is 18.8 Å². The molecule has 0 bridgehead atoms. The van der Waals surface area contributed by atoms with Gasteiger partial charge in [-0.2, -0.15) is 13.2 Å². The number of rotatable bonds is 5. The average Bonchev–Trinajstić information content (AvgIpc) is 3.10. The van der Waals surface area contributed by atoms with E-state index in [0.29, 0.717) is 12.5 Å². The Morgan fingerprint density at radius 2 is 2.03 bits per heavy atom. The number of nitrogens with zero attached hydrogens (tertiary/aromatic N) is 4. The molecule has 168 valence electrons. The zero-order valence-corrected chi connectivity index (χ0v) is 18.0. The molecule has 2 aliphatic rings. The van der Waals surface area contributed by atoms with Gasteiger partial charge in [-0.05, 0) is 31.6 Å². The third-order valence-electron chi connectivity index (χ3n) is 6.11. The fourth-order valence-electron chi connectivity index (χ4n) is 4.55. The highest BCUT2D eigenvalue weighted by molar-refractivity contribution is 6.04. The molecule has 2 N–H and O–H groups in total. The predicted octanol–water partition coefficient (Wildman–Crippen LogP) is 3.91. The van der Waals surface area contributed by atoms with E-state index in [4.69, 9.17) is 0 Å². The maximum Gasteiger partial charge on any atom is 0.434 e. The van der Waals surface area contributed by atoms with Gasteiger partial charge in [0.25, 0.3) is 0 Å². The van der Waals surface area contributed by atoms with E-state index in [0.717, 1.165) is 41.9 Å². The van der Waals surface area contributed by atoms with Crippen molar-refractivity contribution in [1.29, 1.82) is 0 Å². The number of hydrogen-bond acceptors (Lipinski definition) is 5. The van der Waals surface area contributed by atoms with Gasteiger partial charge in [0, 0.05) is 31.9 Å². The second kappa shape index (κ2) is 7.72. The number of aromatic nitrogens is 3. The first-order chi connectivity index (χ1) is 14.5. The number of aryl methyl sites for hydroxylation is 1. The number of pyridine rings is 1. The monoisotopic (exact) mass is 436 g/mol. The minimum absolute atomic E-state index is 0.0226. The standard InChI is InChI=1S/C21H27F3N6O/c1-11(2)19-20(31)28-18-12(3)26-17(7-15(18)29(19)4)27-14-5-13(6-14)8-30-9-16(25-10-30)21(22,23)24/h7,9-11,13-14,19H,5-6,8H2,1-4H3,(H,26,27)(H,28,31)/t13-,14+,19?. The number of hydrogen-bond donors (Lipinski definition) is 2. The van der Waals surface area contributed by atoms with Gasteiger partial charge >= 0.3 is 6.18 Å². The summed E-state index contributed by atoms with van der Waals surface area (Å²) in [4.78, 5) is 22.5. The first-order valence-corrected chi connectivity index (χ1v) is 10.4. The summed E-state index contributed by atoms with van der Waals surface area (Å²) in [7, 11) is 1.92. The molecule has 1 amide bonds. The maximum absolute atomic E-state index is 12.7. The molecule has 1 aliphatic heterocycles. The second-order valence-corrected chi connectivity index (χ2v) is 8.91. The van der Waals surface area contributed by atoms with E-state index in [2.05, 4.69) is 20.6 Å². The van der Waals surface area contributed by atoms with Gasteiger partial charge < -0.3 is 20.1 Å². The molecule has 1 fully saturated rings. The number of alkyl halides is 3. The highest BCUT2D eigenvalue weighted by atomic mass is 19.4. The number of carbonyl (C=O) groups is 1. The largest absolute Gasteiger partial charge is 0.434 e. The summed E-state index contributed by atoms with van der Waals surface area (Å²) in [5, 5.41) is 6.42. The summed E-state index contributed by atoms with van der Waals surface area (Å²) < 4.78 is 39.6. The molecule has 2 aromatic heterocycles. The third kappa shape index (κ3) is 4.20. The lowest BCUT2D eigenvalue weighted by molar-refractivity contribution is -0.141.